The molecule has 29 heavy (non-hydrogen) atoms. The Kier molecular flexibility index (Phi) is 4.58. The molecule has 4 rings (SSSR count). The van der Waals surface area contributed by atoms with Crippen molar-refractivity contribution >= 4 is 43.4 Å². The number of hydrogen-bond acceptors (Lipinski definition) is 5. The zero-order valence-corrected chi connectivity index (χ0v) is 15.8. The molecule has 0 radical (unpaired) electrons. The Balaban J connectivity index is 1.65. The van der Waals surface area contributed by atoms with Gasteiger partial charge in [-0.1, -0.05) is 6.07 Å². The molecule has 3 heterocycles. The Bertz CT molecular complexity index is 1310. The van der Waals surface area contributed by atoms with Crippen LogP contribution in [0.25, 0.3) is 20.4 Å². The van der Waals surface area contributed by atoms with Crippen molar-refractivity contribution in [3.05, 3.63) is 64.3 Å². The number of aromatic nitrogens is 3. The summed E-state index contributed by atoms with van der Waals surface area (Å²) in [5, 5.41) is 3.15. The predicted octanol–water partition coefficient (Wildman–Crippen LogP) is 3.97. The monoisotopic (exact) mass is 418 g/mol. The molecule has 1 N–H and O–H groups in total. The number of hydrogen-bond donors (Lipinski definition) is 1. The maximum absolute atomic E-state index is 12.9. The quantitative estimate of drug-likeness (QED) is 0.546. The van der Waals surface area contributed by atoms with E-state index in [1.807, 2.05) is 6.07 Å². The standard InChI is InChI=1S/C19H13F3N4O2S/c1-10-24-15-13-6-3-7-23-17(13)29-16(15)18(28)26(10)9-14(27)25-12-5-2-4-11(8-12)19(20,21)22/h2-8H,9H2,1H3,(H,25,27). The van der Waals surface area contributed by atoms with E-state index in [1.54, 1.807) is 19.2 Å². The lowest BCUT2D eigenvalue weighted by molar-refractivity contribution is -0.137. The Labute approximate surface area is 165 Å². The SMILES string of the molecule is Cc1nc2c(sc3ncccc32)c(=O)n1CC(=O)Nc1cccc(C(F)(F)F)c1. The summed E-state index contributed by atoms with van der Waals surface area (Å²) in [6.45, 7) is 1.23. The third-order valence-corrected chi connectivity index (χ3v) is 5.41. The summed E-state index contributed by atoms with van der Waals surface area (Å²) in [4.78, 5) is 34.6. The predicted molar refractivity (Wildman–Crippen MR) is 104 cm³/mol. The van der Waals surface area contributed by atoms with Gasteiger partial charge in [-0.25, -0.2) is 9.97 Å². The highest BCUT2D eigenvalue weighted by atomic mass is 32.1. The van der Waals surface area contributed by atoms with Gasteiger partial charge in [0.05, 0.1) is 11.1 Å². The van der Waals surface area contributed by atoms with Gasteiger partial charge < -0.3 is 5.32 Å². The third kappa shape index (κ3) is 3.58. The highest BCUT2D eigenvalue weighted by Gasteiger charge is 2.30. The number of halogens is 3. The van der Waals surface area contributed by atoms with Gasteiger partial charge >= 0.3 is 6.18 Å². The minimum absolute atomic E-state index is 0.00405. The normalized spacial score (nSPS) is 11.9. The fourth-order valence-electron chi connectivity index (χ4n) is 2.97. The number of benzene rings is 1. The number of carbonyl (C=O) groups excluding carboxylic acids is 1. The van der Waals surface area contributed by atoms with E-state index in [0.717, 1.165) is 17.5 Å². The molecule has 0 unspecified atom stereocenters. The summed E-state index contributed by atoms with van der Waals surface area (Å²) >= 11 is 1.18. The van der Waals surface area contributed by atoms with Crippen molar-refractivity contribution in [1.29, 1.82) is 0 Å². The van der Waals surface area contributed by atoms with E-state index >= 15 is 0 Å². The lowest BCUT2D eigenvalue weighted by Gasteiger charge is -2.12. The van der Waals surface area contributed by atoms with Crippen molar-refractivity contribution in [1.82, 2.24) is 14.5 Å². The van der Waals surface area contributed by atoms with Gasteiger partial charge in [0.15, 0.2) is 0 Å². The fourth-order valence-corrected chi connectivity index (χ4v) is 4.00. The molecular formula is C19H13F3N4O2S. The lowest BCUT2D eigenvalue weighted by atomic mass is 10.2. The molecule has 4 aromatic rings. The summed E-state index contributed by atoms with van der Waals surface area (Å²) in [7, 11) is 0. The molecule has 0 aliphatic heterocycles. The number of nitrogens with zero attached hydrogens (tertiary/aromatic N) is 3. The molecule has 0 atom stereocenters. The van der Waals surface area contributed by atoms with Crippen LogP contribution in [0.5, 0.6) is 0 Å². The fraction of sp³-hybridized carbons (Fsp3) is 0.158. The van der Waals surface area contributed by atoms with Gasteiger partial charge in [-0.2, -0.15) is 13.2 Å². The number of fused-ring (bicyclic) bond motifs is 3. The van der Waals surface area contributed by atoms with E-state index in [1.165, 1.54) is 28.0 Å². The van der Waals surface area contributed by atoms with Crippen LogP contribution >= 0.6 is 11.3 Å². The first-order chi connectivity index (χ1) is 13.7. The van der Waals surface area contributed by atoms with Gasteiger partial charge in [0.25, 0.3) is 5.56 Å². The maximum Gasteiger partial charge on any atom is 0.416 e. The van der Waals surface area contributed by atoms with Crippen LogP contribution in [0.3, 0.4) is 0 Å². The second-order valence-corrected chi connectivity index (χ2v) is 7.31. The van der Waals surface area contributed by atoms with Crippen LogP contribution in [-0.2, 0) is 17.5 Å². The highest BCUT2D eigenvalue weighted by molar-refractivity contribution is 7.25. The second kappa shape index (κ2) is 6.96. The van der Waals surface area contributed by atoms with Crippen molar-refractivity contribution in [3.8, 4) is 0 Å². The van der Waals surface area contributed by atoms with Gasteiger partial charge in [-0.3, -0.25) is 14.2 Å². The summed E-state index contributed by atoms with van der Waals surface area (Å²) in [5.41, 5.74) is -0.745. The van der Waals surface area contributed by atoms with E-state index in [0.29, 0.717) is 20.9 Å². The van der Waals surface area contributed by atoms with Crippen LogP contribution in [0, 0.1) is 6.92 Å². The number of carbonyl (C=O) groups is 1. The van der Waals surface area contributed by atoms with Crippen LogP contribution in [0.4, 0.5) is 18.9 Å². The van der Waals surface area contributed by atoms with Gasteiger partial charge in [-0.05, 0) is 37.3 Å². The minimum Gasteiger partial charge on any atom is -0.325 e. The van der Waals surface area contributed by atoms with Crippen LogP contribution in [0.2, 0.25) is 0 Å². The first kappa shape index (κ1) is 19.1. The van der Waals surface area contributed by atoms with Crippen LogP contribution in [0.1, 0.15) is 11.4 Å². The van der Waals surface area contributed by atoms with Gasteiger partial charge in [0.1, 0.15) is 21.9 Å². The Hall–Kier alpha value is -3.27. The minimum atomic E-state index is -4.52. The molecule has 10 heteroatoms. The summed E-state index contributed by atoms with van der Waals surface area (Å²) in [6.07, 6.45) is -2.90. The number of pyridine rings is 1. The van der Waals surface area contributed by atoms with Crippen LogP contribution in [-0.4, -0.2) is 20.4 Å². The Morgan fingerprint density at radius 2 is 2.03 bits per heavy atom. The van der Waals surface area contributed by atoms with E-state index in [2.05, 4.69) is 15.3 Å². The first-order valence-electron chi connectivity index (χ1n) is 8.46. The molecule has 3 aromatic heterocycles. The van der Waals surface area contributed by atoms with Crippen LogP contribution in [0.15, 0.2) is 47.4 Å². The molecular weight excluding hydrogens is 405 g/mol. The van der Waals surface area contributed by atoms with E-state index in [9.17, 15) is 22.8 Å². The number of alkyl halides is 3. The van der Waals surface area contributed by atoms with Crippen molar-refractivity contribution in [2.24, 2.45) is 0 Å². The molecule has 0 fully saturated rings. The first-order valence-corrected chi connectivity index (χ1v) is 9.27. The van der Waals surface area contributed by atoms with Crippen molar-refractivity contribution in [3.63, 3.8) is 0 Å². The van der Waals surface area contributed by atoms with Gasteiger partial charge in [0.2, 0.25) is 5.91 Å². The maximum atomic E-state index is 12.9. The number of thiophene rings is 1. The number of rotatable bonds is 3. The molecule has 0 spiro atoms. The van der Waals surface area contributed by atoms with E-state index in [-0.39, 0.29) is 12.2 Å². The molecule has 1 aromatic carbocycles. The zero-order valence-electron chi connectivity index (χ0n) is 14.9. The third-order valence-electron chi connectivity index (χ3n) is 4.32. The van der Waals surface area contributed by atoms with Gasteiger partial charge in [-0.15, -0.1) is 11.3 Å². The zero-order chi connectivity index (χ0) is 20.8. The smallest absolute Gasteiger partial charge is 0.325 e. The molecule has 0 aliphatic rings. The Morgan fingerprint density at radius 1 is 1.24 bits per heavy atom. The van der Waals surface area contributed by atoms with Crippen molar-refractivity contribution in [2.45, 2.75) is 19.6 Å². The summed E-state index contributed by atoms with van der Waals surface area (Å²) < 4.78 is 40.0. The summed E-state index contributed by atoms with van der Waals surface area (Å²) in [5.74, 6) is -0.305. The van der Waals surface area contributed by atoms with Crippen molar-refractivity contribution < 1.29 is 18.0 Å². The molecule has 0 aliphatic carbocycles. The topological polar surface area (TPSA) is 76.9 Å². The molecule has 0 saturated carbocycles. The number of amides is 1. The number of anilines is 1. The highest BCUT2D eigenvalue weighted by Crippen LogP contribution is 2.31. The lowest BCUT2D eigenvalue weighted by Crippen LogP contribution is -2.29. The average Bonchev–Trinajstić information content (AvgIpc) is 3.03. The van der Waals surface area contributed by atoms with E-state index < -0.39 is 23.2 Å². The molecule has 1 amide bonds. The largest absolute Gasteiger partial charge is 0.416 e. The van der Waals surface area contributed by atoms with Crippen LogP contribution < -0.4 is 10.9 Å². The number of aryl methyl sites for hydroxylation is 1. The van der Waals surface area contributed by atoms with Gasteiger partial charge in [0, 0.05) is 17.3 Å². The average molecular weight is 418 g/mol. The molecule has 0 bridgehead atoms. The summed E-state index contributed by atoms with van der Waals surface area (Å²) in [6, 6.07) is 7.87. The molecule has 0 saturated heterocycles. The Morgan fingerprint density at radius 3 is 2.79 bits per heavy atom. The number of nitrogens with one attached hydrogen (secondary N) is 1. The molecule has 148 valence electrons. The van der Waals surface area contributed by atoms with Crippen molar-refractivity contribution in [2.75, 3.05) is 5.32 Å². The molecule has 6 nitrogen and oxygen atoms in total. The second-order valence-electron chi connectivity index (χ2n) is 6.31. The van der Waals surface area contributed by atoms with E-state index in [4.69, 9.17) is 0 Å².